The largest absolute Gasteiger partial charge is 0.317 e. The van der Waals surface area contributed by atoms with Crippen LogP contribution in [-0.4, -0.2) is 36.1 Å². The first kappa shape index (κ1) is 14.9. The number of nitrogens with zero attached hydrogens (tertiary/aromatic N) is 2. The van der Waals surface area contributed by atoms with Crippen LogP contribution in [0.1, 0.15) is 31.2 Å². The maximum absolute atomic E-state index is 4.79. The normalized spacial score (nSPS) is 16.9. The molecule has 1 saturated heterocycles. The van der Waals surface area contributed by atoms with Gasteiger partial charge in [-0.05, 0) is 56.9 Å². The van der Waals surface area contributed by atoms with Gasteiger partial charge in [0.05, 0.1) is 16.8 Å². The molecule has 2 aromatic rings. The summed E-state index contributed by atoms with van der Waals surface area (Å²) in [5.74, 6) is 0.854. The molecule has 0 radical (unpaired) electrons. The van der Waals surface area contributed by atoms with Crippen molar-refractivity contribution in [2.75, 3.05) is 26.2 Å². The Morgan fingerprint density at radius 1 is 1.29 bits per heavy atom. The minimum absolute atomic E-state index is 0.854. The van der Waals surface area contributed by atoms with Crippen molar-refractivity contribution in [1.29, 1.82) is 0 Å². The first-order chi connectivity index (χ1) is 10.3. The van der Waals surface area contributed by atoms with Crippen molar-refractivity contribution in [1.82, 2.24) is 15.2 Å². The molecule has 1 N–H and O–H groups in total. The summed E-state index contributed by atoms with van der Waals surface area (Å²) in [6.45, 7) is 8.06. The molecule has 0 saturated carbocycles. The number of para-hydroxylation sites is 1. The smallest absolute Gasteiger partial charge is 0.108 e. The highest BCUT2D eigenvalue weighted by molar-refractivity contribution is 7.18. The lowest BCUT2D eigenvalue weighted by Gasteiger charge is -2.29. The molecule has 21 heavy (non-hydrogen) atoms. The third-order valence-electron chi connectivity index (χ3n) is 4.21. The van der Waals surface area contributed by atoms with Gasteiger partial charge in [-0.2, -0.15) is 0 Å². The summed E-state index contributed by atoms with van der Waals surface area (Å²) in [5, 5.41) is 4.72. The second kappa shape index (κ2) is 7.34. The van der Waals surface area contributed by atoms with E-state index in [4.69, 9.17) is 4.98 Å². The number of thiazole rings is 1. The van der Waals surface area contributed by atoms with E-state index in [2.05, 4.69) is 41.4 Å². The lowest BCUT2D eigenvalue weighted by Crippen LogP contribution is -2.36. The number of nitrogens with one attached hydrogen (secondary N) is 1. The Labute approximate surface area is 131 Å². The Morgan fingerprint density at radius 3 is 2.86 bits per heavy atom. The molecule has 2 heterocycles. The molecule has 4 heteroatoms. The number of hydrogen-bond donors (Lipinski definition) is 1. The van der Waals surface area contributed by atoms with Crippen LogP contribution in [0, 0.1) is 5.92 Å². The average molecular weight is 303 g/mol. The molecule has 1 aromatic carbocycles. The van der Waals surface area contributed by atoms with Crippen molar-refractivity contribution in [2.24, 2.45) is 5.92 Å². The zero-order valence-electron chi connectivity index (χ0n) is 12.8. The third-order valence-corrected chi connectivity index (χ3v) is 5.23. The number of benzene rings is 1. The van der Waals surface area contributed by atoms with Crippen LogP contribution in [0.5, 0.6) is 0 Å². The van der Waals surface area contributed by atoms with Gasteiger partial charge in [0.25, 0.3) is 0 Å². The highest BCUT2D eigenvalue weighted by Crippen LogP contribution is 2.23. The van der Waals surface area contributed by atoms with Gasteiger partial charge in [0, 0.05) is 6.54 Å². The predicted octanol–water partition coefficient (Wildman–Crippen LogP) is 3.51. The van der Waals surface area contributed by atoms with Gasteiger partial charge in [0.2, 0.25) is 0 Å². The molecule has 3 nitrogen and oxygen atoms in total. The number of fused-ring (bicyclic) bond motifs is 1. The Bertz CT molecular complexity index is 527. The lowest BCUT2D eigenvalue weighted by molar-refractivity contribution is 0.199. The standard InChI is InChI=1S/C17H25N3S/c1-2-11-20(12-14-7-9-18-10-8-14)13-17-19-15-5-3-4-6-16(15)21-17/h3-6,14,18H,2,7-13H2,1H3. The summed E-state index contributed by atoms with van der Waals surface area (Å²) < 4.78 is 1.31. The van der Waals surface area contributed by atoms with E-state index < -0.39 is 0 Å². The van der Waals surface area contributed by atoms with Gasteiger partial charge in [-0.15, -0.1) is 11.3 Å². The monoisotopic (exact) mass is 303 g/mol. The Kier molecular flexibility index (Phi) is 5.22. The Hall–Kier alpha value is -0.970. The van der Waals surface area contributed by atoms with E-state index in [0.717, 1.165) is 18.0 Å². The van der Waals surface area contributed by atoms with Gasteiger partial charge in [0.15, 0.2) is 0 Å². The molecule has 0 bridgehead atoms. The van der Waals surface area contributed by atoms with E-state index in [9.17, 15) is 0 Å². The first-order valence-corrected chi connectivity index (χ1v) is 8.94. The summed E-state index contributed by atoms with van der Waals surface area (Å²) in [4.78, 5) is 7.40. The number of aromatic nitrogens is 1. The average Bonchev–Trinajstić information content (AvgIpc) is 2.90. The van der Waals surface area contributed by atoms with Gasteiger partial charge < -0.3 is 5.32 Å². The molecule has 0 spiro atoms. The number of piperidine rings is 1. The van der Waals surface area contributed by atoms with Crippen molar-refractivity contribution in [3.05, 3.63) is 29.3 Å². The molecule has 1 aliphatic heterocycles. The van der Waals surface area contributed by atoms with Gasteiger partial charge in [-0.25, -0.2) is 4.98 Å². The predicted molar refractivity (Wildman–Crippen MR) is 90.8 cm³/mol. The van der Waals surface area contributed by atoms with Crippen LogP contribution in [0.25, 0.3) is 10.2 Å². The van der Waals surface area contributed by atoms with Crippen molar-refractivity contribution >= 4 is 21.6 Å². The highest BCUT2D eigenvalue weighted by atomic mass is 32.1. The van der Waals surface area contributed by atoms with Crippen molar-refractivity contribution < 1.29 is 0 Å². The number of hydrogen-bond acceptors (Lipinski definition) is 4. The van der Waals surface area contributed by atoms with Crippen LogP contribution in [0.4, 0.5) is 0 Å². The fraction of sp³-hybridized carbons (Fsp3) is 0.588. The van der Waals surface area contributed by atoms with E-state index in [1.165, 1.54) is 55.1 Å². The minimum Gasteiger partial charge on any atom is -0.317 e. The maximum Gasteiger partial charge on any atom is 0.108 e. The molecular formula is C17H25N3S. The van der Waals surface area contributed by atoms with Crippen molar-refractivity contribution in [3.63, 3.8) is 0 Å². The van der Waals surface area contributed by atoms with Crippen LogP contribution >= 0.6 is 11.3 Å². The molecule has 1 aliphatic rings. The van der Waals surface area contributed by atoms with Crippen molar-refractivity contribution in [3.8, 4) is 0 Å². The second-order valence-corrected chi connectivity index (χ2v) is 7.12. The molecule has 0 amide bonds. The molecule has 0 atom stereocenters. The van der Waals surface area contributed by atoms with Crippen LogP contribution in [0.2, 0.25) is 0 Å². The fourth-order valence-electron chi connectivity index (χ4n) is 3.16. The minimum atomic E-state index is 0.854. The van der Waals surface area contributed by atoms with E-state index >= 15 is 0 Å². The molecule has 3 rings (SSSR count). The third kappa shape index (κ3) is 4.02. The van der Waals surface area contributed by atoms with E-state index in [-0.39, 0.29) is 0 Å². The van der Waals surface area contributed by atoms with Crippen molar-refractivity contribution in [2.45, 2.75) is 32.7 Å². The fourth-order valence-corrected chi connectivity index (χ4v) is 4.17. The summed E-state index contributed by atoms with van der Waals surface area (Å²) in [5.41, 5.74) is 1.15. The van der Waals surface area contributed by atoms with Gasteiger partial charge in [-0.3, -0.25) is 4.90 Å². The quantitative estimate of drug-likeness (QED) is 0.885. The molecule has 1 fully saturated rings. The zero-order valence-corrected chi connectivity index (χ0v) is 13.7. The van der Waals surface area contributed by atoms with E-state index in [0.29, 0.717) is 0 Å². The zero-order chi connectivity index (χ0) is 14.5. The van der Waals surface area contributed by atoms with Crippen LogP contribution in [-0.2, 0) is 6.54 Å². The lowest BCUT2D eigenvalue weighted by atomic mass is 9.97. The summed E-state index contributed by atoms with van der Waals surface area (Å²) >= 11 is 1.85. The number of rotatable bonds is 6. The van der Waals surface area contributed by atoms with Gasteiger partial charge >= 0.3 is 0 Å². The van der Waals surface area contributed by atoms with Crippen LogP contribution in [0.3, 0.4) is 0 Å². The summed E-state index contributed by atoms with van der Waals surface area (Å²) in [7, 11) is 0. The maximum atomic E-state index is 4.79. The van der Waals surface area contributed by atoms with Gasteiger partial charge in [0.1, 0.15) is 5.01 Å². The highest BCUT2D eigenvalue weighted by Gasteiger charge is 2.17. The first-order valence-electron chi connectivity index (χ1n) is 8.12. The van der Waals surface area contributed by atoms with Gasteiger partial charge in [-0.1, -0.05) is 19.1 Å². The van der Waals surface area contributed by atoms with E-state index in [1.807, 2.05) is 11.3 Å². The molecule has 0 unspecified atom stereocenters. The van der Waals surface area contributed by atoms with Crippen LogP contribution in [0.15, 0.2) is 24.3 Å². The Balaban J connectivity index is 1.65. The topological polar surface area (TPSA) is 28.2 Å². The van der Waals surface area contributed by atoms with E-state index in [1.54, 1.807) is 0 Å². The Morgan fingerprint density at radius 2 is 2.10 bits per heavy atom. The molecular weight excluding hydrogens is 278 g/mol. The SMILES string of the molecule is CCCN(Cc1nc2ccccc2s1)CC1CCNCC1. The second-order valence-electron chi connectivity index (χ2n) is 6.00. The molecule has 1 aromatic heterocycles. The molecule has 114 valence electrons. The summed E-state index contributed by atoms with van der Waals surface area (Å²) in [6, 6.07) is 8.47. The van der Waals surface area contributed by atoms with Crippen LogP contribution < -0.4 is 5.32 Å². The summed E-state index contributed by atoms with van der Waals surface area (Å²) in [6.07, 6.45) is 3.86. The molecule has 0 aliphatic carbocycles.